The summed E-state index contributed by atoms with van der Waals surface area (Å²) in [5, 5.41) is 13.1. The van der Waals surface area contributed by atoms with Gasteiger partial charge in [0.1, 0.15) is 5.69 Å². The molecule has 21 heavy (non-hydrogen) atoms. The molecule has 1 aromatic heterocycles. The van der Waals surface area contributed by atoms with Crippen molar-refractivity contribution in [3.63, 3.8) is 0 Å². The highest BCUT2D eigenvalue weighted by atomic mass is 16.3. The van der Waals surface area contributed by atoms with Crippen LogP contribution in [0.15, 0.2) is 24.3 Å². The molecule has 1 heterocycles. The lowest BCUT2D eigenvalue weighted by molar-refractivity contribution is 0.0881. The van der Waals surface area contributed by atoms with E-state index < -0.39 is 0 Å². The third kappa shape index (κ3) is 3.36. The van der Waals surface area contributed by atoms with E-state index in [9.17, 15) is 4.79 Å². The van der Waals surface area contributed by atoms with Crippen LogP contribution >= 0.6 is 0 Å². The van der Waals surface area contributed by atoms with Gasteiger partial charge in [-0.05, 0) is 24.0 Å². The number of carbonyl (C=O) groups excluding carboxylic acids is 1. The van der Waals surface area contributed by atoms with Crippen LogP contribution in [-0.4, -0.2) is 28.6 Å². The third-order valence-corrected chi connectivity index (χ3v) is 3.70. The summed E-state index contributed by atoms with van der Waals surface area (Å²) < 4.78 is 0. The number of aliphatic hydroxyl groups is 1. The van der Waals surface area contributed by atoms with E-state index in [-0.39, 0.29) is 24.0 Å². The smallest absolute Gasteiger partial charge is 0.267 e. The maximum Gasteiger partial charge on any atom is 0.267 e. The topological polar surface area (TPSA) is 91.1 Å². The fourth-order valence-corrected chi connectivity index (χ4v) is 2.39. The average molecular weight is 289 g/mol. The SMILES string of the molecule is CC(C)(C)C(CCO)NC(=O)c1cc2cccc(N)c2[nH]1. The number of H-pyrrole nitrogens is 1. The van der Waals surface area contributed by atoms with Gasteiger partial charge in [0.2, 0.25) is 0 Å². The molecule has 0 aliphatic carbocycles. The zero-order chi connectivity index (χ0) is 15.6. The Labute approximate surface area is 124 Å². The van der Waals surface area contributed by atoms with Crippen molar-refractivity contribution < 1.29 is 9.90 Å². The molecule has 1 unspecified atom stereocenters. The number of carbonyl (C=O) groups is 1. The number of fused-ring (bicyclic) bond motifs is 1. The first kappa shape index (κ1) is 15.4. The Hall–Kier alpha value is -2.01. The van der Waals surface area contributed by atoms with E-state index in [0.29, 0.717) is 17.8 Å². The Morgan fingerprint density at radius 3 is 2.71 bits per heavy atom. The van der Waals surface area contributed by atoms with Crippen LogP contribution in [0.1, 0.15) is 37.7 Å². The Kier molecular flexibility index (Phi) is 4.23. The number of para-hydroxylation sites is 1. The van der Waals surface area contributed by atoms with Crippen LogP contribution in [0.3, 0.4) is 0 Å². The van der Waals surface area contributed by atoms with Crippen LogP contribution in [-0.2, 0) is 0 Å². The van der Waals surface area contributed by atoms with Crippen LogP contribution in [0.25, 0.3) is 10.9 Å². The van der Waals surface area contributed by atoms with Crippen molar-refractivity contribution in [2.24, 2.45) is 5.41 Å². The number of hydrogen-bond acceptors (Lipinski definition) is 3. The van der Waals surface area contributed by atoms with Crippen LogP contribution in [0.4, 0.5) is 5.69 Å². The van der Waals surface area contributed by atoms with E-state index in [4.69, 9.17) is 10.8 Å². The molecule has 5 nitrogen and oxygen atoms in total. The predicted molar refractivity (Wildman–Crippen MR) is 85.1 cm³/mol. The molecule has 0 aliphatic heterocycles. The van der Waals surface area contributed by atoms with Gasteiger partial charge in [0.15, 0.2) is 0 Å². The number of aromatic nitrogens is 1. The second-order valence-electron chi connectivity index (χ2n) is 6.40. The number of aliphatic hydroxyl groups excluding tert-OH is 1. The summed E-state index contributed by atoms with van der Waals surface area (Å²) in [6.45, 7) is 6.16. The number of nitrogens with two attached hydrogens (primary N) is 1. The number of anilines is 1. The highest BCUT2D eigenvalue weighted by molar-refractivity contribution is 6.00. The molecule has 2 rings (SSSR count). The number of rotatable bonds is 4. The molecular weight excluding hydrogens is 266 g/mol. The van der Waals surface area contributed by atoms with Gasteiger partial charge in [0.25, 0.3) is 5.91 Å². The molecule has 1 aromatic carbocycles. The maximum absolute atomic E-state index is 12.4. The number of nitrogens with one attached hydrogen (secondary N) is 2. The molecule has 114 valence electrons. The minimum Gasteiger partial charge on any atom is -0.397 e. The number of hydrogen-bond donors (Lipinski definition) is 4. The normalized spacial score (nSPS) is 13.3. The van der Waals surface area contributed by atoms with Gasteiger partial charge in [0.05, 0.1) is 11.2 Å². The van der Waals surface area contributed by atoms with E-state index in [0.717, 1.165) is 10.9 Å². The monoisotopic (exact) mass is 289 g/mol. The lowest BCUT2D eigenvalue weighted by atomic mass is 9.85. The van der Waals surface area contributed by atoms with E-state index >= 15 is 0 Å². The summed E-state index contributed by atoms with van der Waals surface area (Å²) in [6, 6.07) is 7.26. The van der Waals surface area contributed by atoms with Gasteiger partial charge in [-0.15, -0.1) is 0 Å². The summed E-state index contributed by atoms with van der Waals surface area (Å²) in [4.78, 5) is 15.5. The molecule has 2 aromatic rings. The van der Waals surface area contributed by atoms with Gasteiger partial charge in [-0.2, -0.15) is 0 Å². The van der Waals surface area contributed by atoms with Crippen LogP contribution < -0.4 is 11.1 Å². The summed E-state index contributed by atoms with van der Waals surface area (Å²) in [7, 11) is 0. The molecule has 0 saturated heterocycles. The van der Waals surface area contributed by atoms with Crippen molar-refractivity contribution in [3.8, 4) is 0 Å². The van der Waals surface area contributed by atoms with Crippen LogP contribution in [0.2, 0.25) is 0 Å². The van der Waals surface area contributed by atoms with Crippen molar-refractivity contribution in [3.05, 3.63) is 30.0 Å². The van der Waals surface area contributed by atoms with Crippen molar-refractivity contribution in [1.29, 1.82) is 0 Å². The van der Waals surface area contributed by atoms with E-state index in [2.05, 4.69) is 10.3 Å². The molecule has 5 heteroatoms. The second-order valence-corrected chi connectivity index (χ2v) is 6.40. The standard InChI is InChI=1S/C16H23N3O2/c1-16(2,3)13(7-8-20)19-15(21)12-9-10-5-4-6-11(17)14(10)18-12/h4-6,9,13,18,20H,7-8,17H2,1-3H3,(H,19,21). The summed E-state index contributed by atoms with van der Waals surface area (Å²) in [6.07, 6.45) is 0.525. The molecular formula is C16H23N3O2. The third-order valence-electron chi connectivity index (χ3n) is 3.70. The first-order valence-electron chi connectivity index (χ1n) is 7.12. The lowest BCUT2D eigenvalue weighted by Gasteiger charge is -2.30. The molecule has 1 amide bonds. The molecule has 0 spiro atoms. The Balaban J connectivity index is 2.23. The predicted octanol–water partition coefficient (Wildman–Crippen LogP) is 2.28. The second kappa shape index (κ2) is 5.77. The molecule has 0 bridgehead atoms. The quantitative estimate of drug-likeness (QED) is 0.651. The van der Waals surface area contributed by atoms with Gasteiger partial charge in [-0.3, -0.25) is 4.79 Å². The van der Waals surface area contributed by atoms with Crippen molar-refractivity contribution >= 4 is 22.5 Å². The molecule has 1 atom stereocenters. The highest BCUT2D eigenvalue weighted by Gasteiger charge is 2.26. The largest absolute Gasteiger partial charge is 0.397 e. The molecule has 0 fully saturated rings. The van der Waals surface area contributed by atoms with Gasteiger partial charge in [-0.25, -0.2) is 0 Å². The fourth-order valence-electron chi connectivity index (χ4n) is 2.39. The fraction of sp³-hybridized carbons (Fsp3) is 0.438. The number of nitrogen functional groups attached to an aromatic ring is 1. The Morgan fingerprint density at radius 1 is 1.43 bits per heavy atom. The summed E-state index contributed by atoms with van der Waals surface area (Å²) in [5.41, 5.74) is 7.65. The molecule has 0 saturated carbocycles. The molecule has 0 radical (unpaired) electrons. The number of benzene rings is 1. The van der Waals surface area contributed by atoms with Gasteiger partial charge in [-0.1, -0.05) is 32.9 Å². The molecule has 5 N–H and O–H groups in total. The summed E-state index contributed by atoms with van der Waals surface area (Å²) in [5.74, 6) is -0.182. The average Bonchev–Trinajstić information content (AvgIpc) is 2.82. The van der Waals surface area contributed by atoms with Crippen LogP contribution in [0, 0.1) is 5.41 Å². The van der Waals surface area contributed by atoms with Crippen molar-refractivity contribution in [2.75, 3.05) is 12.3 Å². The minimum absolute atomic E-state index is 0.0435. The minimum atomic E-state index is -0.182. The Morgan fingerprint density at radius 2 is 2.14 bits per heavy atom. The Bertz CT molecular complexity index is 640. The maximum atomic E-state index is 12.4. The van der Waals surface area contributed by atoms with Crippen LogP contribution in [0.5, 0.6) is 0 Å². The highest BCUT2D eigenvalue weighted by Crippen LogP contribution is 2.24. The van der Waals surface area contributed by atoms with E-state index in [1.807, 2.05) is 32.9 Å². The molecule has 0 aliphatic rings. The summed E-state index contributed by atoms with van der Waals surface area (Å²) >= 11 is 0. The van der Waals surface area contributed by atoms with Crippen molar-refractivity contribution in [1.82, 2.24) is 10.3 Å². The van der Waals surface area contributed by atoms with Gasteiger partial charge >= 0.3 is 0 Å². The zero-order valence-electron chi connectivity index (χ0n) is 12.7. The zero-order valence-corrected chi connectivity index (χ0v) is 12.7. The first-order valence-corrected chi connectivity index (χ1v) is 7.12. The van der Waals surface area contributed by atoms with Crippen molar-refractivity contribution in [2.45, 2.75) is 33.2 Å². The van der Waals surface area contributed by atoms with E-state index in [1.165, 1.54) is 0 Å². The first-order chi connectivity index (χ1) is 9.82. The number of aromatic amines is 1. The van der Waals surface area contributed by atoms with E-state index in [1.54, 1.807) is 12.1 Å². The van der Waals surface area contributed by atoms with Gasteiger partial charge < -0.3 is 21.1 Å². The number of amides is 1. The lowest BCUT2D eigenvalue weighted by Crippen LogP contribution is -2.44. The van der Waals surface area contributed by atoms with Gasteiger partial charge in [0, 0.05) is 18.0 Å².